The highest BCUT2D eigenvalue weighted by Gasteiger charge is 2.10. The number of amides is 1. The van der Waals surface area contributed by atoms with Crippen molar-refractivity contribution in [2.24, 2.45) is 10.9 Å². The number of rotatable bonds is 3. The minimum Gasteiger partial charge on any atom is -0.410 e. The van der Waals surface area contributed by atoms with Crippen LogP contribution in [0.2, 0.25) is 0 Å². The van der Waals surface area contributed by atoms with E-state index in [0.717, 1.165) is 11.1 Å². The zero-order chi connectivity index (χ0) is 13.8. The van der Waals surface area contributed by atoms with E-state index in [4.69, 9.17) is 10.9 Å². The lowest BCUT2D eigenvalue weighted by Gasteiger charge is -2.04. The van der Waals surface area contributed by atoms with Gasteiger partial charge in [0.1, 0.15) is 5.82 Å². The number of hydrogen-bond donors (Lipinski definition) is 2. The fraction of sp³-hybridized carbons (Fsp3) is 0. The number of halogens is 1. The molecule has 0 aliphatic heterocycles. The van der Waals surface area contributed by atoms with Gasteiger partial charge < -0.3 is 10.9 Å². The molecule has 0 unspecified atom stereocenters. The number of carbonyl (C=O) groups excluding carboxylic acids is 1. The highest BCUT2D eigenvalue weighted by Crippen LogP contribution is 2.20. The Balaban J connectivity index is 2.33. The Morgan fingerprint density at radius 1 is 1.00 bits per heavy atom. The van der Waals surface area contributed by atoms with E-state index in [1.165, 1.54) is 12.1 Å². The lowest BCUT2D eigenvalue weighted by molar-refractivity contribution is -0.112. The quantitative estimate of drug-likeness (QED) is 0.503. The van der Waals surface area contributed by atoms with Crippen molar-refractivity contribution in [2.45, 2.75) is 0 Å². The predicted molar refractivity (Wildman–Crippen MR) is 69.4 cm³/mol. The number of oxime groups is 1. The first-order valence-electron chi connectivity index (χ1n) is 5.50. The molecule has 0 radical (unpaired) electrons. The lowest BCUT2D eigenvalue weighted by atomic mass is 10.0. The third-order valence-corrected chi connectivity index (χ3v) is 2.67. The fourth-order valence-electron chi connectivity index (χ4n) is 1.71. The Morgan fingerprint density at radius 2 is 1.47 bits per heavy atom. The van der Waals surface area contributed by atoms with Gasteiger partial charge in [0.2, 0.25) is 0 Å². The third kappa shape index (κ3) is 2.77. The van der Waals surface area contributed by atoms with Gasteiger partial charge in [-0.3, -0.25) is 4.79 Å². The molecule has 2 rings (SSSR count). The van der Waals surface area contributed by atoms with Crippen molar-refractivity contribution in [1.29, 1.82) is 0 Å². The van der Waals surface area contributed by atoms with Gasteiger partial charge in [0.25, 0.3) is 5.91 Å². The van der Waals surface area contributed by atoms with Gasteiger partial charge in [0.05, 0.1) is 0 Å². The Hall–Kier alpha value is -2.69. The standard InChI is InChI=1S/C14H11FN2O2/c15-12-7-5-10(6-8-12)9-1-3-11(4-2-9)13(17-19)14(16)18/h1-8,19H,(H2,16,18)/b17-13+. The summed E-state index contributed by atoms with van der Waals surface area (Å²) >= 11 is 0. The summed E-state index contributed by atoms with van der Waals surface area (Å²) in [5.41, 5.74) is 6.98. The van der Waals surface area contributed by atoms with Crippen LogP contribution in [-0.4, -0.2) is 16.8 Å². The number of hydrogen-bond acceptors (Lipinski definition) is 3. The van der Waals surface area contributed by atoms with Gasteiger partial charge >= 0.3 is 0 Å². The summed E-state index contributed by atoms with van der Waals surface area (Å²) in [5.74, 6) is -1.11. The first-order valence-corrected chi connectivity index (χ1v) is 5.50. The van der Waals surface area contributed by atoms with E-state index < -0.39 is 5.91 Å². The predicted octanol–water partition coefficient (Wildman–Crippen LogP) is 2.16. The Kier molecular flexibility index (Phi) is 3.56. The molecule has 19 heavy (non-hydrogen) atoms. The molecule has 4 nitrogen and oxygen atoms in total. The molecule has 0 aliphatic rings. The molecule has 0 aromatic heterocycles. The SMILES string of the molecule is NC(=O)/C(=N/O)c1ccc(-c2ccc(F)cc2)cc1. The van der Waals surface area contributed by atoms with Crippen LogP contribution in [0.5, 0.6) is 0 Å². The van der Waals surface area contributed by atoms with Gasteiger partial charge in [0, 0.05) is 5.56 Å². The fourth-order valence-corrected chi connectivity index (χ4v) is 1.71. The average Bonchev–Trinajstić information content (AvgIpc) is 2.41. The topological polar surface area (TPSA) is 75.7 Å². The molecule has 0 bridgehead atoms. The molecule has 0 atom stereocenters. The molecule has 0 fully saturated rings. The van der Waals surface area contributed by atoms with Crippen molar-refractivity contribution in [1.82, 2.24) is 0 Å². The van der Waals surface area contributed by atoms with Gasteiger partial charge in [-0.2, -0.15) is 0 Å². The van der Waals surface area contributed by atoms with Crippen LogP contribution in [0.15, 0.2) is 53.7 Å². The van der Waals surface area contributed by atoms with E-state index in [9.17, 15) is 9.18 Å². The second kappa shape index (κ2) is 5.30. The third-order valence-electron chi connectivity index (χ3n) is 2.67. The van der Waals surface area contributed by atoms with Crippen molar-refractivity contribution >= 4 is 11.6 Å². The van der Waals surface area contributed by atoms with Crippen LogP contribution in [0.3, 0.4) is 0 Å². The normalized spacial score (nSPS) is 11.3. The highest BCUT2D eigenvalue weighted by molar-refractivity contribution is 6.44. The smallest absolute Gasteiger partial charge is 0.271 e. The van der Waals surface area contributed by atoms with Gasteiger partial charge in [-0.05, 0) is 23.3 Å². The van der Waals surface area contributed by atoms with E-state index in [2.05, 4.69) is 5.16 Å². The monoisotopic (exact) mass is 258 g/mol. The van der Waals surface area contributed by atoms with Crippen LogP contribution in [-0.2, 0) is 4.79 Å². The maximum absolute atomic E-state index is 12.8. The summed E-state index contributed by atoms with van der Waals surface area (Å²) in [7, 11) is 0. The minimum atomic E-state index is -0.808. The second-order valence-corrected chi connectivity index (χ2v) is 3.90. The van der Waals surface area contributed by atoms with Crippen LogP contribution in [0.1, 0.15) is 5.56 Å². The molecule has 1 amide bonds. The molecule has 0 spiro atoms. The zero-order valence-corrected chi connectivity index (χ0v) is 9.88. The van der Waals surface area contributed by atoms with Crippen molar-refractivity contribution in [3.63, 3.8) is 0 Å². The van der Waals surface area contributed by atoms with Crippen LogP contribution in [0.4, 0.5) is 4.39 Å². The summed E-state index contributed by atoms with van der Waals surface area (Å²) in [6.07, 6.45) is 0. The van der Waals surface area contributed by atoms with Crippen LogP contribution in [0.25, 0.3) is 11.1 Å². The molecular formula is C14H11FN2O2. The molecule has 2 aromatic rings. The number of nitrogens with zero attached hydrogens (tertiary/aromatic N) is 1. The van der Waals surface area contributed by atoms with Gasteiger partial charge in [-0.25, -0.2) is 4.39 Å². The average molecular weight is 258 g/mol. The van der Waals surface area contributed by atoms with Gasteiger partial charge in [0.15, 0.2) is 5.71 Å². The maximum atomic E-state index is 12.8. The van der Waals surface area contributed by atoms with E-state index in [-0.39, 0.29) is 11.5 Å². The van der Waals surface area contributed by atoms with E-state index in [1.54, 1.807) is 36.4 Å². The molecule has 96 valence electrons. The van der Waals surface area contributed by atoms with E-state index in [0.29, 0.717) is 5.56 Å². The number of nitrogens with two attached hydrogens (primary N) is 1. The number of carbonyl (C=O) groups is 1. The molecule has 5 heteroatoms. The summed E-state index contributed by atoms with van der Waals surface area (Å²) in [6.45, 7) is 0. The van der Waals surface area contributed by atoms with Crippen molar-refractivity contribution in [2.75, 3.05) is 0 Å². The molecule has 0 saturated heterocycles. The Morgan fingerprint density at radius 3 is 1.89 bits per heavy atom. The van der Waals surface area contributed by atoms with E-state index >= 15 is 0 Å². The summed E-state index contributed by atoms with van der Waals surface area (Å²) < 4.78 is 12.8. The lowest BCUT2D eigenvalue weighted by Crippen LogP contribution is -2.24. The van der Waals surface area contributed by atoms with Crippen molar-refractivity contribution < 1.29 is 14.4 Å². The second-order valence-electron chi connectivity index (χ2n) is 3.90. The zero-order valence-electron chi connectivity index (χ0n) is 9.88. The largest absolute Gasteiger partial charge is 0.410 e. The molecule has 0 aliphatic carbocycles. The summed E-state index contributed by atoms with van der Waals surface area (Å²) in [4.78, 5) is 11.0. The van der Waals surface area contributed by atoms with Crippen LogP contribution in [0, 0.1) is 5.82 Å². The van der Waals surface area contributed by atoms with Crippen molar-refractivity contribution in [3.05, 3.63) is 59.9 Å². The Bertz CT molecular complexity index is 619. The highest BCUT2D eigenvalue weighted by atomic mass is 19.1. The molecule has 0 saturated carbocycles. The summed E-state index contributed by atoms with van der Waals surface area (Å²) in [5, 5.41) is 11.6. The molecule has 0 heterocycles. The van der Waals surface area contributed by atoms with Gasteiger partial charge in [-0.15, -0.1) is 0 Å². The molecular weight excluding hydrogens is 247 g/mol. The first kappa shape index (κ1) is 12.8. The minimum absolute atomic E-state index is 0.203. The van der Waals surface area contributed by atoms with Crippen LogP contribution < -0.4 is 5.73 Å². The summed E-state index contributed by atoms with van der Waals surface area (Å²) in [6, 6.07) is 12.7. The van der Waals surface area contributed by atoms with Crippen molar-refractivity contribution in [3.8, 4) is 11.1 Å². The molecule has 2 aromatic carbocycles. The molecule has 3 N–H and O–H groups in total. The Labute approximate surface area is 109 Å². The van der Waals surface area contributed by atoms with Gasteiger partial charge in [-0.1, -0.05) is 41.6 Å². The van der Waals surface area contributed by atoms with Crippen LogP contribution >= 0.6 is 0 Å². The number of benzene rings is 2. The number of primary amides is 1. The first-order chi connectivity index (χ1) is 9.11. The maximum Gasteiger partial charge on any atom is 0.271 e. The van der Waals surface area contributed by atoms with E-state index in [1.807, 2.05) is 0 Å².